The van der Waals surface area contributed by atoms with Crippen LogP contribution < -0.4 is 0 Å². The highest BCUT2D eigenvalue weighted by Gasteiger charge is 2.31. The molecule has 0 bridgehead atoms. The molecule has 3 N–H and O–H groups in total. The van der Waals surface area contributed by atoms with Gasteiger partial charge in [-0.15, -0.1) is 9.79 Å². The van der Waals surface area contributed by atoms with E-state index in [-0.39, 0.29) is 0 Å². The van der Waals surface area contributed by atoms with Crippen molar-refractivity contribution < 1.29 is 28.3 Å². The third-order valence-corrected chi connectivity index (χ3v) is 1.62. The summed E-state index contributed by atoms with van der Waals surface area (Å²) in [5.74, 6) is 0.440. The van der Waals surface area contributed by atoms with Crippen molar-refractivity contribution in [2.24, 2.45) is 5.92 Å². The minimum Gasteiger partial charge on any atom is -0.396 e. The molecule has 0 fully saturated rings. The van der Waals surface area contributed by atoms with E-state index in [1.807, 2.05) is 13.8 Å². The van der Waals surface area contributed by atoms with Gasteiger partial charge in [0.05, 0.1) is 0 Å². The fourth-order valence-electron chi connectivity index (χ4n) is 0.0598. The van der Waals surface area contributed by atoms with E-state index >= 15 is 0 Å². The van der Waals surface area contributed by atoms with Gasteiger partial charge < -0.3 is 5.11 Å². The van der Waals surface area contributed by atoms with Crippen molar-refractivity contribution in [1.29, 1.82) is 0 Å². The summed E-state index contributed by atoms with van der Waals surface area (Å²) in [5, 5.41) is 8.14. The van der Waals surface area contributed by atoms with Gasteiger partial charge in [-0.1, -0.05) is 13.8 Å². The molecule has 0 aromatic carbocycles. The van der Waals surface area contributed by atoms with Crippen molar-refractivity contribution >= 4 is 16.5 Å². The first-order chi connectivity index (χ1) is 5.40. The average molecular weight is 218 g/mol. The number of aliphatic hydroxyl groups excluding tert-OH is 1. The zero-order valence-corrected chi connectivity index (χ0v) is 8.53. The monoisotopic (exact) mass is 218 g/mol. The summed E-state index contributed by atoms with van der Waals surface area (Å²) in [6.45, 7) is 4.25. The Morgan fingerprint density at radius 3 is 1.50 bits per heavy atom. The van der Waals surface area contributed by atoms with Crippen molar-refractivity contribution in [2.75, 3.05) is 6.61 Å². The Hall–Kier alpha value is 0.0400. The van der Waals surface area contributed by atoms with E-state index in [2.05, 4.69) is 4.31 Å². The molecule has 0 radical (unpaired) electrons. The molecule has 6 nitrogen and oxygen atoms in total. The zero-order chi connectivity index (χ0) is 10.1. The van der Waals surface area contributed by atoms with Crippen LogP contribution in [0.2, 0.25) is 0 Å². The standard InChI is InChI=1S/C4H10O.O5P2/c1-4(2)3-5;1-6(2)5-7(3)4/h4-5H,3H2,1-2H3;/p+2. The number of hydrogen-bond acceptors (Lipinski definition) is 4. The fourth-order valence-corrected chi connectivity index (χ4v) is 0.538. The summed E-state index contributed by atoms with van der Waals surface area (Å²) in [5.41, 5.74) is 0. The normalized spacial score (nSPS) is 11.8. The number of rotatable bonds is 3. The van der Waals surface area contributed by atoms with Gasteiger partial charge in [-0.05, 0) is 5.92 Å². The lowest BCUT2D eigenvalue weighted by Gasteiger charge is -1.90. The molecule has 0 aliphatic heterocycles. The summed E-state index contributed by atoms with van der Waals surface area (Å²) in [7, 11) is -5.85. The largest absolute Gasteiger partial charge is 0.745 e. The van der Waals surface area contributed by atoms with Crippen molar-refractivity contribution in [3.63, 3.8) is 0 Å². The molecule has 2 unspecified atom stereocenters. The molecule has 0 aromatic rings. The lowest BCUT2D eigenvalue weighted by molar-refractivity contribution is 0.248. The smallest absolute Gasteiger partial charge is 0.396 e. The second-order valence-electron chi connectivity index (χ2n) is 2.13. The average Bonchev–Trinajstić information content (AvgIpc) is 1.85. The quantitative estimate of drug-likeness (QED) is 0.609. The van der Waals surface area contributed by atoms with E-state index < -0.39 is 16.5 Å². The highest BCUT2D eigenvalue weighted by Crippen LogP contribution is 2.30. The van der Waals surface area contributed by atoms with Crippen molar-refractivity contribution in [1.82, 2.24) is 0 Å². The summed E-state index contributed by atoms with van der Waals surface area (Å²) in [6.07, 6.45) is 0. The van der Waals surface area contributed by atoms with Crippen LogP contribution in [0.25, 0.3) is 0 Å². The Morgan fingerprint density at radius 2 is 1.50 bits per heavy atom. The maximum atomic E-state index is 9.39. The molecule has 0 rings (SSSR count). The summed E-state index contributed by atoms with van der Waals surface area (Å²) in [6, 6.07) is 0. The second kappa shape index (κ2) is 9.13. The van der Waals surface area contributed by atoms with E-state index in [4.69, 9.17) is 14.9 Å². The highest BCUT2D eigenvalue weighted by molar-refractivity contribution is 7.46. The fraction of sp³-hybridized carbons (Fsp3) is 1.00. The van der Waals surface area contributed by atoms with Crippen LogP contribution in [0.15, 0.2) is 0 Å². The molecule has 12 heavy (non-hydrogen) atoms. The first kappa shape index (κ1) is 14.6. The topological polar surface area (TPSA) is 104 Å². The van der Waals surface area contributed by atoms with Crippen LogP contribution in [0.1, 0.15) is 13.8 Å². The third kappa shape index (κ3) is 22.5. The van der Waals surface area contributed by atoms with E-state index in [1.54, 1.807) is 0 Å². The highest BCUT2D eigenvalue weighted by atomic mass is 31.2. The molecule has 0 aliphatic rings. The zero-order valence-electron chi connectivity index (χ0n) is 6.75. The van der Waals surface area contributed by atoms with Crippen molar-refractivity contribution in [3.8, 4) is 0 Å². The van der Waals surface area contributed by atoms with Gasteiger partial charge >= 0.3 is 16.5 Å². The molecule has 8 heteroatoms. The Bertz CT molecular complexity index is 134. The van der Waals surface area contributed by atoms with Gasteiger partial charge in [0.25, 0.3) is 0 Å². The van der Waals surface area contributed by atoms with Crippen LogP contribution in [0.3, 0.4) is 0 Å². The molecule has 72 valence electrons. The molecule has 0 saturated carbocycles. The Morgan fingerprint density at radius 1 is 1.25 bits per heavy atom. The lowest BCUT2D eigenvalue weighted by atomic mass is 10.2. The van der Waals surface area contributed by atoms with Gasteiger partial charge in [0, 0.05) is 15.7 Å². The first-order valence-electron chi connectivity index (χ1n) is 3.01. The van der Waals surface area contributed by atoms with Gasteiger partial charge in [0.1, 0.15) is 0 Å². The molecule has 0 spiro atoms. The van der Waals surface area contributed by atoms with Crippen LogP contribution in [-0.4, -0.2) is 21.5 Å². The van der Waals surface area contributed by atoms with Gasteiger partial charge in [0.2, 0.25) is 0 Å². The predicted molar refractivity (Wildman–Crippen MR) is 42.7 cm³/mol. The molecule has 0 amide bonds. The Kier molecular flexibility index (Phi) is 11.1. The molecular formula is C4H12O6P2+2. The molecule has 0 aliphatic carbocycles. The Labute approximate surface area is 72.1 Å². The lowest BCUT2D eigenvalue weighted by Crippen LogP contribution is -1.90. The predicted octanol–water partition coefficient (Wildman–Crippen LogP) is 0.937. The second-order valence-corrected chi connectivity index (χ2v) is 3.74. The van der Waals surface area contributed by atoms with Gasteiger partial charge in [-0.3, -0.25) is 0 Å². The number of aliphatic hydroxyl groups is 1. The summed E-state index contributed by atoms with van der Waals surface area (Å²) in [4.78, 5) is 15.3. The van der Waals surface area contributed by atoms with Crippen LogP contribution in [0.5, 0.6) is 0 Å². The molecular weight excluding hydrogens is 206 g/mol. The molecule has 0 heterocycles. The van der Waals surface area contributed by atoms with Crippen LogP contribution in [0, 0.1) is 5.92 Å². The van der Waals surface area contributed by atoms with Gasteiger partial charge in [-0.25, -0.2) is 0 Å². The van der Waals surface area contributed by atoms with Gasteiger partial charge in [-0.2, -0.15) is 0 Å². The van der Waals surface area contributed by atoms with E-state index in [0.717, 1.165) is 0 Å². The van der Waals surface area contributed by atoms with Gasteiger partial charge in [0.15, 0.2) is 4.31 Å². The summed E-state index contributed by atoms with van der Waals surface area (Å²) >= 11 is 0. The van der Waals surface area contributed by atoms with E-state index in [9.17, 15) is 9.13 Å². The SMILES string of the molecule is CC(C)CO.O=[P+](O)O[P+](=O)O. The first-order valence-corrected chi connectivity index (χ1v) is 5.27. The van der Waals surface area contributed by atoms with Crippen molar-refractivity contribution in [2.45, 2.75) is 13.8 Å². The maximum Gasteiger partial charge on any atom is 0.745 e. The number of hydrogen-bond donors (Lipinski definition) is 3. The van der Waals surface area contributed by atoms with Crippen molar-refractivity contribution in [3.05, 3.63) is 0 Å². The van der Waals surface area contributed by atoms with E-state index in [1.165, 1.54) is 0 Å². The minimum atomic E-state index is -2.92. The maximum absolute atomic E-state index is 9.39. The summed E-state index contributed by atoms with van der Waals surface area (Å²) < 4.78 is 22.2. The molecule has 0 saturated heterocycles. The molecule has 2 atom stereocenters. The van der Waals surface area contributed by atoms with E-state index in [0.29, 0.717) is 12.5 Å². The van der Waals surface area contributed by atoms with Crippen LogP contribution >= 0.6 is 16.5 Å². The molecule has 0 aromatic heterocycles. The van der Waals surface area contributed by atoms with Crippen LogP contribution in [-0.2, 0) is 13.4 Å². The third-order valence-electron chi connectivity index (χ3n) is 0.505. The Balaban J connectivity index is 0. The minimum absolute atomic E-state index is 0.306. The van der Waals surface area contributed by atoms with Crippen LogP contribution in [0.4, 0.5) is 0 Å².